The molecule has 0 saturated carbocycles. The van der Waals surface area contributed by atoms with Crippen molar-refractivity contribution in [2.24, 2.45) is 0 Å². The van der Waals surface area contributed by atoms with Gasteiger partial charge < -0.3 is 10.5 Å². The molecule has 1 aromatic carbocycles. The second kappa shape index (κ2) is 4.37. The summed E-state index contributed by atoms with van der Waals surface area (Å²) in [7, 11) is 1.45. The number of nitrogens with two attached hydrogens (primary N) is 1. The van der Waals surface area contributed by atoms with E-state index >= 15 is 0 Å². The van der Waals surface area contributed by atoms with E-state index in [1.54, 1.807) is 0 Å². The van der Waals surface area contributed by atoms with Crippen LogP contribution in [-0.2, 0) is 0 Å². The van der Waals surface area contributed by atoms with Gasteiger partial charge in [0, 0.05) is 11.6 Å². The molecule has 1 heterocycles. The van der Waals surface area contributed by atoms with Crippen LogP contribution in [-0.4, -0.2) is 12.1 Å². The number of benzene rings is 1. The van der Waals surface area contributed by atoms with Crippen molar-refractivity contribution in [1.82, 2.24) is 4.98 Å². The highest BCUT2D eigenvalue weighted by Crippen LogP contribution is 2.28. The Bertz CT molecular complexity index is 558. The van der Waals surface area contributed by atoms with Crippen LogP contribution in [0.4, 0.5) is 14.5 Å². The van der Waals surface area contributed by atoms with Gasteiger partial charge in [0.25, 0.3) is 0 Å². The van der Waals surface area contributed by atoms with Crippen LogP contribution in [0.1, 0.15) is 0 Å². The molecule has 0 fully saturated rings. The maximum Gasteiger partial charge on any atom is 0.151 e. The van der Waals surface area contributed by atoms with Gasteiger partial charge in [-0.25, -0.2) is 8.78 Å². The van der Waals surface area contributed by atoms with E-state index in [1.807, 2.05) is 0 Å². The molecule has 0 amide bonds. The molecule has 5 heteroatoms. The van der Waals surface area contributed by atoms with Crippen molar-refractivity contribution in [3.63, 3.8) is 0 Å². The summed E-state index contributed by atoms with van der Waals surface area (Å²) in [4.78, 5) is 3.79. The second-order valence-electron chi connectivity index (χ2n) is 3.44. The molecule has 0 atom stereocenters. The molecule has 0 aliphatic rings. The number of hydrogen-bond acceptors (Lipinski definition) is 3. The number of anilines is 1. The molecule has 0 unspecified atom stereocenters. The Kier molecular flexibility index (Phi) is 2.91. The number of halogens is 2. The number of nitrogens with zero attached hydrogens (tertiary/aromatic N) is 1. The van der Waals surface area contributed by atoms with Crippen LogP contribution in [0.3, 0.4) is 0 Å². The third-order valence-electron chi connectivity index (χ3n) is 2.29. The van der Waals surface area contributed by atoms with Gasteiger partial charge in [0.15, 0.2) is 5.82 Å². The lowest BCUT2D eigenvalue weighted by Gasteiger charge is -2.07. The van der Waals surface area contributed by atoms with Crippen molar-refractivity contribution in [2.75, 3.05) is 12.8 Å². The topological polar surface area (TPSA) is 48.1 Å². The average Bonchev–Trinajstić information content (AvgIpc) is 2.30. The van der Waals surface area contributed by atoms with Gasteiger partial charge in [-0.3, -0.25) is 4.98 Å². The lowest BCUT2D eigenvalue weighted by atomic mass is 10.1. The zero-order valence-electron chi connectivity index (χ0n) is 9.08. The molecule has 0 aliphatic carbocycles. The van der Waals surface area contributed by atoms with Gasteiger partial charge in [-0.1, -0.05) is 0 Å². The van der Waals surface area contributed by atoms with E-state index in [9.17, 15) is 8.78 Å². The van der Waals surface area contributed by atoms with E-state index in [1.165, 1.54) is 31.5 Å². The van der Waals surface area contributed by atoms with E-state index in [2.05, 4.69) is 4.98 Å². The number of aromatic nitrogens is 1. The minimum absolute atomic E-state index is 0.0434. The van der Waals surface area contributed by atoms with E-state index < -0.39 is 11.6 Å². The third-order valence-corrected chi connectivity index (χ3v) is 2.29. The fraction of sp³-hybridized carbons (Fsp3) is 0.0833. The van der Waals surface area contributed by atoms with Crippen LogP contribution in [0.5, 0.6) is 5.75 Å². The van der Waals surface area contributed by atoms with E-state index in [0.717, 1.165) is 6.07 Å². The quantitative estimate of drug-likeness (QED) is 0.871. The highest BCUT2D eigenvalue weighted by atomic mass is 19.1. The Morgan fingerprint density at radius 1 is 1.18 bits per heavy atom. The van der Waals surface area contributed by atoms with Gasteiger partial charge >= 0.3 is 0 Å². The third kappa shape index (κ3) is 2.18. The Hall–Kier alpha value is -2.17. The predicted octanol–water partition coefficient (Wildman–Crippen LogP) is 2.62. The van der Waals surface area contributed by atoms with E-state index in [4.69, 9.17) is 10.5 Å². The molecule has 0 saturated heterocycles. The molecule has 2 rings (SSSR count). The van der Waals surface area contributed by atoms with Crippen molar-refractivity contribution in [3.8, 4) is 17.0 Å². The molecule has 2 aromatic rings. The molecule has 0 bridgehead atoms. The van der Waals surface area contributed by atoms with Crippen LogP contribution >= 0.6 is 0 Å². The van der Waals surface area contributed by atoms with Crippen molar-refractivity contribution in [3.05, 3.63) is 42.1 Å². The second-order valence-corrected chi connectivity index (χ2v) is 3.44. The molecule has 1 aromatic heterocycles. The van der Waals surface area contributed by atoms with Gasteiger partial charge in [-0.2, -0.15) is 0 Å². The minimum atomic E-state index is -0.669. The zero-order chi connectivity index (χ0) is 12.4. The monoisotopic (exact) mass is 236 g/mol. The molecule has 2 N–H and O–H groups in total. The first-order valence-corrected chi connectivity index (χ1v) is 4.86. The average molecular weight is 236 g/mol. The zero-order valence-corrected chi connectivity index (χ0v) is 9.08. The van der Waals surface area contributed by atoms with Crippen molar-refractivity contribution >= 4 is 5.69 Å². The van der Waals surface area contributed by atoms with Crippen molar-refractivity contribution < 1.29 is 13.5 Å². The number of pyridine rings is 1. The summed E-state index contributed by atoms with van der Waals surface area (Å²) in [5, 5.41) is 0. The molecule has 0 aliphatic heterocycles. The Labute approximate surface area is 96.9 Å². The molecule has 88 valence electrons. The Morgan fingerprint density at radius 2 is 1.94 bits per heavy atom. The normalized spacial score (nSPS) is 10.3. The van der Waals surface area contributed by atoms with Gasteiger partial charge in [0.1, 0.15) is 17.3 Å². The van der Waals surface area contributed by atoms with Crippen LogP contribution in [0, 0.1) is 11.6 Å². The smallest absolute Gasteiger partial charge is 0.151 e. The maximum atomic E-state index is 13.6. The van der Waals surface area contributed by atoms with Gasteiger partial charge in [0.2, 0.25) is 0 Å². The largest absolute Gasteiger partial charge is 0.497 e. The summed E-state index contributed by atoms with van der Waals surface area (Å²) >= 11 is 0. The first-order valence-electron chi connectivity index (χ1n) is 4.86. The van der Waals surface area contributed by atoms with Gasteiger partial charge in [-0.05, 0) is 18.2 Å². The van der Waals surface area contributed by atoms with E-state index in [-0.39, 0.29) is 16.9 Å². The summed E-state index contributed by atoms with van der Waals surface area (Å²) in [5.41, 5.74) is 5.52. The van der Waals surface area contributed by atoms with Crippen LogP contribution in [0.15, 0.2) is 30.5 Å². The lowest BCUT2D eigenvalue weighted by Crippen LogP contribution is -1.96. The molecule has 0 spiro atoms. The van der Waals surface area contributed by atoms with Crippen LogP contribution in [0.2, 0.25) is 0 Å². The minimum Gasteiger partial charge on any atom is -0.497 e. The van der Waals surface area contributed by atoms with Crippen molar-refractivity contribution in [1.29, 1.82) is 0 Å². The first-order chi connectivity index (χ1) is 8.11. The molecular weight excluding hydrogens is 226 g/mol. The summed E-state index contributed by atoms with van der Waals surface area (Å²) in [6.45, 7) is 0. The maximum absolute atomic E-state index is 13.6. The SMILES string of the molecule is COc1ccc(F)c(-c2ncc(N)cc2F)c1. The Balaban J connectivity index is 2.59. The molecular formula is C12H10F2N2O. The number of methoxy groups -OCH3 is 1. The highest BCUT2D eigenvalue weighted by Gasteiger charge is 2.13. The standard InChI is InChI=1S/C12H10F2N2O/c1-17-8-2-3-10(13)9(5-8)12-11(14)4-7(15)6-16-12/h2-6H,15H2,1H3. The van der Waals surface area contributed by atoms with E-state index in [0.29, 0.717) is 5.75 Å². The number of rotatable bonds is 2. The molecule has 3 nitrogen and oxygen atoms in total. The summed E-state index contributed by atoms with van der Waals surface area (Å²) in [6.07, 6.45) is 1.28. The van der Waals surface area contributed by atoms with Crippen molar-refractivity contribution in [2.45, 2.75) is 0 Å². The first kappa shape index (κ1) is 11.3. The summed E-state index contributed by atoms with van der Waals surface area (Å²) in [6, 6.07) is 5.14. The predicted molar refractivity (Wildman–Crippen MR) is 60.6 cm³/mol. The molecule has 0 radical (unpaired) electrons. The fourth-order valence-electron chi connectivity index (χ4n) is 1.46. The highest BCUT2D eigenvalue weighted by molar-refractivity contribution is 5.64. The summed E-state index contributed by atoms with van der Waals surface area (Å²) in [5.74, 6) is -0.807. The Morgan fingerprint density at radius 3 is 2.59 bits per heavy atom. The fourth-order valence-corrected chi connectivity index (χ4v) is 1.46. The number of ether oxygens (including phenoxy) is 1. The number of nitrogen functional groups attached to an aromatic ring is 1. The number of hydrogen-bond donors (Lipinski definition) is 1. The molecule has 17 heavy (non-hydrogen) atoms. The summed E-state index contributed by atoms with van der Waals surface area (Å²) < 4.78 is 32.1. The van der Waals surface area contributed by atoms with Crippen LogP contribution < -0.4 is 10.5 Å². The van der Waals surface area contributed by atoms with Crippen LogP contribution in [0.25, 0.3) is 11.3 Å². The van der Waals surface area contributed by atoms with Gasteiger partial charge in [0.05, 0.1) is 19.0 Å². The van der Waals surface area contributed by atoms with Gasteiger partial charge in [-0.15, -0.1) is 0 Å². The lowest BCUT2D eigenvalue weighted by molar-refractivity contribution is 0.414.